The molecule has 0 amide bonds. The number of fused-ring (bicyclic) bond motifs is 2. The van der Waals surface area contributed by atoms with Gasteiger partial charge in [0.15, 0.2) is 11.5 Å². The fourth-order valence-electron chi connectivity index (χ4n) is 3.73. The molecule has 1 N–H and O–H groups in total. The molecule has 0 aliphatic carbocycles. The molecule has 0 saturated heterocycles. The van der Waals surface area contributed by atoms with Crippen molar-refractivity contribution < 1.29 is 9.47 Å². The van der Waals surface area contributed by atoms with Crippen molar-refractivity contribution >= 4 is 33.4 Å². The Morgan fingerprint density at radius 3 is 2.48 bits per heavy atom. The van der Waals surface area contributed by atoms with Gasteiger partial charge in [0.2, 0.25) is 5.95 Å². The Morgan fingerprint density at radius 1 is 0.871 bits per heavy atom. The first-order valence-corrected chi connectivity index (χ1v) is 10.0. The third-order valence-corrected chi connectivity index (χ3v) is 5.31. The largest absolute Gasteiger partial charge is 0.493 e. The van der Waals surface area contributed by atoms with Crippen molar-refractivity contribution in [3.05, 3.63) is 84.7 Å². The molecule has 0 saturated carbocycles. The molecule has 3 aromatic carbocycles. The van der Waals surface area contributed by atoms with Crippen molar-refractivity contribution in [2.24, 2.45) is 0 Å². The fraction of sp³-hybridized carbons (Fsp3) is 0.120. The van der Waals surface area contributed by atoms with E-state index in [1.807, 2.05) is 24.3 Å². The van der Waals surface area contributed by atoms with Gasteiger partial charge < -0.3 is 19.4 Å². The second kappa shape index (κ2) is 7.99. The third-order valence-electron chi connectivity index (χ3n) is 5.31. The van der Waals surface area contributed by atoms with Crippen LogP contribution in [0.15, 0.2) is 79.1 Å². The van der Waals surface area contributed by atoms with Gasteiger partial charge in [-0.15, -0.1) is 0 Å². The number of nitrogens with zero attached hydrogens (tertiary/aromatic N) is 3. The first-order chi connectivity index (χ1) is 15.2. The molecule has 0 unspecified atom stereocenters. The molecule has 0 atom stereocenters. The maximum Gasteiger partial charge on any atom is 0.227 e. The summed E-state index contributed by atoms with van der Waals surface area (Å²) in [5.74, 6) is 1.82. The first-order valence-electron chi connectivity index (χ1n) is 10.0. The number of anilines is 2. The number of nitrogens with one attached hydrogen (secondary N) is 1. The molecule has 0 aliphatic rings. The zero-order chi connectivity index (χ0) is 21.2. The lowest BCUT2D eigenvalue weighted by Crippen LogP contribution is -2.00. The van der Waals surface area contributed by atoms with Gasteiger partial charge in [-0.3, -0.25) is 0 Å². The minimum Gasteiger partial charge on any atom is -0.493 e. The molecule has 5 rings (SSSR count). The van der Waals surface area contributed by atoms with Gasteiger partial charge >= 0.3 is 0 Å². The lowest BCUT2D eigenvalue weighted by molar-refractivity contribution is 0.356. The maximum atomic E-state index is 5.40. The highest BCUT2D eigenvalue weighted by Crippen LogP contribution is 2.31. The lowest BCUT2D eigenvalue weighted by Gasteiger charge is -2.11. The summed E-state index contributed by atoms with van der Waals surface area (Å²) in [7, 11) is 3.23. The van der Waals surface area contributed by atoms with Gasteiger partial charge in [0.25, 0.3) is 0 Å². The predicted octanol–water partition coefficient (Wildman–Crippen LogP) is 5.39. The van der Waals surface area contributed by atoms with Gasteiger partial charge in [-0.1, -0.05) is 36.4 Å². The summed E-state index contributed by atoms with van der Waals surface area (Å²) < 4.78 is 13.0. The van der Waals surface area contributed by atoms with E-state index in [9.17, 15) is 0 Å². The predicted molar refractivity (Wildman–Crippen MR) is 123 cm³/mol. The van der Waals surface area contributed by atoms with Crippen molar-refractivity contribution in [3.8, 4) is 11.5 Å². The highest BCUT2D eigenvalue weighted by Gasteiger charge is 2.09. The SMILES string of the molecule is COc1cc2cnc(Nc3ccc4ccn(Cc5ccccc5)c4c3)nc2cc1OC. The summed E-state index contributed by atoms with van der Waals surface area (Å²) >= 11 is 0. The van der Waals surface area contributed by atoms with E-state index in [4.69, 9.17) is 9.47 Å². The molecule has 154 valence electrons. The van der Waals surface area contributed by atoms with Crippen LogP contribution in [-0.2, 0) is 6.54 Å². The highest BCUT2D eigenvalue weighted by molar-refractivity contribution is 5.85. The van der Waals surface area contributed by atoms with Gasteiger partial charge in [0.1, 0.15) is 0 Å². The molecule has 2 heterocycles. The van der Waals surface area contributed by atoms with E-state index in [1.54, 1.807) is 20.4 Å². The highest BCUT2D eigenvalue weighted by atomic mass is 16.5. The number of aromatic nitrogens is 3. The van der Waals surface area contributed by atoms with Crippen LogP contribution in [0.25, 0.3) is 21.8 Å². The van der Waals surface area contributed by atoms with Crippen LogP contribution in [0.2, 0.25) is 0 Å². The molecule has 5 aromatic rings. The summed E-state index contributed by atoms with van der Waals surface area (Å²) in [5.41, 5.74) is 4.13. The average Bonchev–Trinajstić information content (AvgIpc) is 3.20. The number of rotatable bonds is 6. The number of ether oxygens (including phenoxy) is 2. The smallest absolute Gasteiger partial charge is 0.227 e. The Bertz CT molecular complexity index is 1360. The van der Waals surface area contributed by atoms with E-state index in [0.29, 0.717) is 17.4 Å². The summed E-state index contributed by atoms with van der Waals surface area (Å²) in [5, 5.41) is 5.40. The normalized spacial score (nSPS) is 11.0. The molecule has 0 radical (unpaired) electrons. The third kappa shape index (κ3) is 3.75. The Kier molecular flexibility index (Phi) is 4.88. The molecular formula is C25H22N4O2. The molecular weight excluding hydrogens is 388 g/mol. The summed E-state index contributed by atoms with van der Waals surface area (Å²) in [4.78, 5) is 9.11. The Labute approximate surface area is 180 Å². The standard InChI is InChI=1S/C25H22N4O2/c1-30-23-12-19-15-26-25(28-21(19)14-24(23)31-2)27-20-9-8-18-10-11-29(22(18)13-20)16-17-6-4-3-5-7-17/h3-15H,16H2,1-2H3,(H,26,27,28). The summed E-state index contributed by atoms with van der Waals surface area (Å²) in [6, 6.07) is 22.6. The van der Waals surface area contributed by atoms with Gasteiger partial charge in [-0.05, 0) is 35.2 Å². The van der Waals surface area contributed by atoms with Crippen LogP contribution in [0, 0.1) is 0 Å². The van der Waals surface area contributed by atoms with E-state index < -0.39 is 0 Å². The van der Waals surface area contributed by atoms with Crippen LogP contribution >= 0.6 is 0 Å². The molecule has 0 spiro atoms. The van der Waals surface area contributed by atoms with Gasteiger partial charge in [-0.25, -0.2) is 9.97 Å². The van der Waals surface area contributed by atoms with Crippen LogP contribution in [-0.4, -0.2) is 28.8 Å². The Hall–Kier alpha value is -4.06. The van der Waals surface area contributed by atoms with Crippen LogP contribution in [0.4, 0.5) is 11.6 Å². The van der Waals surface area contributed by atoms with Gasteiger partial charge in [0, 0.05) is 36.1 Å². The molecule has 2 aromatic heterocycles. The van der Waals surface area contributed by atoms with Crippen LogP contribution in [0.5, 0.6) is 11.5 Å². The lowest BCUT2D eigenvalue weighted by atomic mass is 10.2. The second-order valence-corrected chi connectivity index (χ2v) is 7.29. The summed E-state index contributed by atoms with van der Waals surface area (Å²) in [6.45, 7) is 0.821. The van der Waals surface area contributed by atoms with Crippen molar-refractivity contribution in [2.75, 3.05) is 19.5 Å². The average molecular weight is 410 g/mol. The zero-order valence-electron chi connectivity index (χ0n) is 17.4. The fourth-order valence-corrected chi connectivity index (χ4v) is 3.73. The minimum atomic E-state index is 0.528. The van der Waals surface area contributed by atoms with E-state index in [0.717, 1.165) is 28.7 Å². The van der Waals surface area contributed by atoms with Crippen LogP contribution < -0.4 is 14.8 Å². The monoisotopic (exact) mass is 410 g/mol. The first kappa shape index (κ1) is 18.9. The second-order valence-electron chi connectivity index (χ2n) is 7.29. The van der Waals surface area contributed by atoms with E-state index in [-0.39, 0.29) is 0 Å². The van der Waals surface area contributed by atoms with E-state index in [2.05, 4.69) is 68.5 Å². The molecule has 0 aliphatic heterocycles. The molecule has 6 heteroatoms. The number of hydrogen-bond donors (Lipinski definition) is 1. The van der Waals surface area contributed by atoms with Gasteiger partial charge in [0.05, 0.1) is 25.3 Å². The molecule has 0 fully saturated rings. The number of benzene rings is 3. The maximum absolute atomic E-state index is 5.40. The van der Waals surface area contributed by atoms with E-state index >= 15 is 0 Å². The number of hydrogen-bond acceptors (Lipinski definition) is 5. The topological polar surface area (TPSA) is 61.2 Å². The van der Waals surface area contributed by atoms with Crippen molar-refractivity contribution in [3.63, 3.8) is 0 Å². The zero-order valence-corrected chi connectivity index (χ0v) is 17.4. The Balaban J connectivity index is 1.45. The van der Waals surface area contributed by atoms with E-state index in [1.165, 1.54) is 10.9 Å². The number of methoxy groups -OCH3 is 2. The molecule has 0 bridgehead atoms. The van der Waals surface area contributed by atoms with Crippen LogP contribution in [0.1, 0.15) is 5.56 Å². The van der Waals surface area contributed by atoms with Crippen molar-refractivity contribution in [1.82, 2.24) is 14.5 Å². The summed E-state index contributed by atoms with van der Waals surface area (Å²) in [6.07, 6.45) is 3.90. The van der Waals surface area contributed by atoms with Crippen molar-refractivity contribution in [1.29, 1.82) is 0 Å². The quantitative estimate of drug-likeness (QED) is 0.406. The van der Waals surface area contributed by atoms with Crippen molar-refractivity contribution in [2.45, 2.75) is 6.54 Å². The van der Waals surface area contributed by atoms with Crippen LogP contribution in [0.3, 0.4) is 0 Å². The van der Waals surface area contributed by atoms with Gasteiger partial charge in [-0.2, -0.15) is 0 Å². The Morgan fingerprint density at radius 2 is 1.68 bits per heavy atom. The molecule has 6 nitrogen and oxygen atoms in total. The minimum absolute atomic E-state index is 0.528. The molecule has 31 heavy (non-hydrogen) atoms.